The lowest BCUT2D eigenvalue weighted by Crippen LogP contribution is -2.09. The van der Waals surface area contributed by atoms with Gasteiger partial charge in [0, 0.05) is 48.0 Å². The molecule has 0 amide bonds. The molecule has 0 spiro atoms. The molecule has 56 heavy (non-hydrogen) atoms. The monoisotopic (exact) mass is 757 g/mol. The van der Waals surface area contributed by atoms with E-state index in [1.54, 1.807) is 4.70 Å². The van der Waals surface area contributed by atoms with Crippen molar-refractivity contribution in [2.75, 3.05) is 0 Å². The van der Waals surface area contributed by atoms with Crippen LogP contribution in [0.15, 0.2) is 59.7 Å². The van der Waals surface area contributed by atoms with Crippen molar-refractivity contribution >= 4 is 11.4 Å². The molecule has 0 aromatic heterocycles. The van der Waals surface area contributed by atoms with E-state index in [1.807, 2.05) is 0 Å². The first-order valence-electron chi connectivity index (χ1n) is 23.6. The van der Waals surface area contributed by atoms with Crippen LogP contribution in [0.5, 0.6) is 0 Å². The van der Waals surface area contributed by atoms with E-state index in [4.69, 9.17) is 0 Å². The Morgan fingerprint density at radius 3 is 1.36 bits per heavy atom. The highest BCUT2D eigenvalue weighted by Gasteiger charge is 2.36. The quantitative estimate of drug-likeness (QED) is 0.0469. The summed E-state index contributed by atoms with van der Waals surface area (Å²) in [5.74, 6) is 15.4. The van der Waals surface area contributed by atoms with Crippen LogP contribution in [0, 0.1) is 35.5 Å². The normalized spacial score (nSPS) is 13.8. The maximum atomic E-state index is 12.5. The van der Waals surface area contributed by atoms with Crippen LogP contribution in [-0.4, -0.2) is 4.70 Å². The van der Waals surface area contributed by atoms with E-state index in [2.05, 4.69) is 114 Å². The number of unbranched alkanes of at least 4 members (excludes halogenated alkanes) is 11. The molecule has 2 atom stereocenters. The van der Waals surface area contributed by atoms with Gasteiger partial charge in [0.2, 0.25) is 11.4 Å². The summed E-state index contributed by atoms with van der Waals surface area (Å²) in [6.45, 7) is 13.7. The van der Waals surface area contributed by atoms with Crippen molar-refractivity contribution in [2.24, 2.45) is 11.8 Å². The zero-order valence-electron chi connectivity index (χ0n) is 37.1. The lowest BCUT2D eigenvalue weighted by atomic mass is 9.88. The van der Waals surface area contributed by atoms with Crippen molar-refractivity contribution < 1.29 is 4.70 Å². The second-order valence-corrected chi connectivity index (χ2v) is 16.6. The minimum absolute atomic E-state index is 0.609. The van der Waals surface area contributed by atoms with Crippen molar-refractivity contribution in [3.8, 4) is 23.7 Å². The number of allylic oxidation sites excluding steroid dienone is 2. The molecule has 0 bridgehead atoms. The first-order chi connectivity index (χ1) is 27.5. The van der Waals surface area contributed by atoms with E-state index in [0.29, 0.717) is 11.8 Å². The SMILES string of the molecule is CCCCCCC#CCC(CCCC)CCc1ccccc1C1=C(CC)C(CCCC)=C(c2ccccc2CCC(CC#CCCCCCC)CCCC)[N+]1=[N-]. The molecule has 306 valence electrons. The number of hydrogen-bond donors (Lipinski definition) is 0. The maximum Gasteiger partial charge on any atom is 0.211 e. The van der Waals surface area contributed by atoms with E-state index in [9.17, 15) is 5.53 Å². The summed E-state index contributed by atoms with van der Waals surface area (Å²) < 4.78 is 1.61. The van der Waals surface area contributed by atoms with Crippen LogP contribution >= 0.6 is 0 Å². The fourth-order valence-electron chi connectivity index (χ4n) is 8.44. The molecule has 0 radical (unpaired) electrons. The van der Waals surface area contributed by atoms with E-state index >= 15 is 0 Å². The Morgan fingerprint density at radius 2 is 0.911 bits per heavy atom. The van der Waals surface area contributed by atoms with E-state index in [1.165, 1.54) is 123 Å². The first-order valence-corrected chi connectivity index (χ1v) is 23.6. The fraction of sp³-hybridized carbons (Fsp3) is 0.630. The average Bonchev–Trinajstić information content (AvgIpc) is 3.50. The third-order valence-electron chi connectivity index (χ3n) is 12.0. The summed E-state index contributed by atoms with van der Waals surface area (Å²) in [7, 11) is 0. The van der Waals surface area contributed by atoms with Crippen LogP contribution in [0.4, 0.5) is 0 Å². The van der Waals surface area contributed by atoms with Gasteiger partial charge >= 0.3 is 0 Å². The molecule has 0 fully saturated rings. The molecule has 2 nitrogen and oxygen atoms in total. The number of aryl methyl sites for hydroxylation is 2. The number of hydrogen-bond acceptors (Lipinski definition) is 0. The van der Waals surface area contributed by atoms with Gasteiger partial charge in [-0.2, -0.15) is 0 Å². The Balaban J connectivity index is 1.88. The highest BCUT2D eigenvalue weighted by Crippen LogP contribution is 2.45. The smallest absolute Gasteiger partial charge is 0.211 e. The van der Waals surface area contributed by atoms with Crippen LogP contribution in [-0.2, 0) is 12.8 Å². The lowest BCUT2D eigenvalue weighted by Gasteiger charge is -2.18. The molecule has 2 heteroatoms. The summed E-state index contributed by atoms with van der Waals surface area (Å²) in [5.41, 5.74) is 22.2. The van der Waals surface area contributed by atoms with Gasteiger partial charge in [0.25, 0.3) is 0 Å². The summed E-state index contributed by atoms with van der Waals surface area (Å²) in [4.78, 5) is 0. The summed E-state index contributed by atoms with van der Waals surface area (Å²) in [6.07, 6.45) is 30.2. The van der Waals surface area contributed by atoms with Crippen molar-refractivity contribution in [1.82, 2.24) is 0 Å². The van der Waals surface area contributed by atoms with Gasteiger partial charge in [-0.3, -0.25) is 0 Å². The van der Waals surface area contributed by atoms with Gasteiger partial charge in [0.15, 0.2) is 0 Å². The second kappa shape index (κ2) is 28.9. The van der Waals surface area contributed by atoms with E-state index in [-0.39, 0.29) is 0 Å². The van der Waals surface area contributed by atoms with E-state index < -0.39 is 0 Å². The minimum Gasteiger partial charge on any atom is -0.493 e. The maximum absolute atomic E-state index is 12.5. The highest BCUT2D eigenvalue weighted by atomic mass is 15.2. The van der Waals surface area contributed by atoms with Crippen LogP contribution < -0.4 is 0 Å². The van der Waals surface area contributed by atoms with Crippen molar-refractivity contribution in [2.45, 2.75) is 208 Å². The average molecular weight is 757 g/mol. The van der Waals surface area contributed by atoms with Gasteiger partial charge < -0.3 is 5.53 Å². The number of rotatable bonds is 28. The van der Waals surface area contributed by atoms with Gasteiger partial charge in [-0.15, -0.1) is 23.7 Å². The van der Waals surface area contributed by atoms with Crippen LogP contribution in [0.3, 0.4) is 0 Å². The molecule has 1 aliphatic heterocycles. The van der Waals surface area contributed by atoms with Crippen molar-refractivity contribution in [1.29, 1.82) is 0 Å². The molecular weight excluding hydrogens is 677 g/mol. The van der Waals surface area contributed by atoms with Gasteiger partial charge in [0.05, 0.1) is 0 Å². The topological polar surface area (TPSA) is 25.3 Å². The van der Waals surface area contributed by atoms with Crippen molar-refractivity contribution in [3.63, 3.8) is 0 Å². The highest BCUT2D eigenvalue weighted by molar-refractivity contribution is 5.83. The lowest BCUT2D eigenvalue weighted by molar-refractivity contribution is -0.345. The molecular formula is C54H80N2. The standard InChI is InChI=1S/C54H80N2/c1-7-13-18-20-22-24-26-34-45(32-15-9-3)41-43-47-36-28-30-39-50(47)53-49(12-6)52(38-17-11-5)54(56(53)55)51-40-31-29-37-48(51)44-42-46(33-16-10-4)35-27-25-23-21-19-14-8-2/h28-31,36-37,39-40,45-46H,7-23,32-35,38,41-44H2,1-6H3. The first kappa shape index (κ1) is 47.0. The molecule has 0 aliphatic carbocycles. The Morgan fingerprint density at radius 1 is 0.464 bits per heavy atom. The molecule has 2 aromatic carbocycles. The second-order valence-electron chi connectivity index (χ2n) is 16.6. The molecule has 1 aliphatic rings. The van der Waals surface area contributed by atoms with Gasteiger partial charge in [-0.1, -0.05) is 149 Å². The fourth-order valence-corrected chi connectivity index (χ4v) is 8.44. The van der Waals surface area contributed by atoms with Gasteiger partial charge in [0.1, 0.15) is 0 Å². The summed E-state index contributed by atoms with van der Waals surface area (Å²) in [6, 6.07) is 17.8. The molecule has 3 rings (SSSR count). The van der Waals surface area contributed by atoms with Crippen molar-refractivity contribution in [3.05, 3.63) is 87.5 Å². The largest absolute Gasteiger partial charge is 0.493 e. The van der Waals surface area contributed by atoms with Crippen LogP contribution in [0.25, 0.3) is 16.9 Å². The molecule has 2 unspecified atom stereocenters. The zero-order valence-corrected chi connectivity index (χ0v) is 37.1. The third kappa shape index (κ3) is 15.9. The molecule has 0 saturated heterocycles. The Hall–Kier alpha value is -3.36. The predicted octanol–water partition coefficient (Wildman–Crippen LogP) is 16.7. The Bertz CT molecular complexity index is 1610. The Labute approximate surface area is 346 Å². The molecule has 0 saturated carbocycles. The summed E-state index contributed by atoms with van der Waals surface area (Å²) >= 11 is 0. The third-order valence-corrected chi connectivity index (χ3v) is 12.0. The predicted molar refractivity (Wildman–Crippen MR) is 245 cm³/mol. The van der Waals surface area contributed by atoms with E-state index in [0.717, 1.165) is 88.4 Å². The summed E-state index contributed by atoms with van der Waals surface area (Å²) in [5, 5.41) is 0. The van der Waals surface area contributed by atoms with Crippen LogP contribution in [0.2, 0.25) is 0 Å². The number of benzene rings is 2. The van der Waals surface area contributed by atoms with Gasteiger partial charge in [-0.25, -0.2) is 4.70 Å². The molecule has 0 N–H and O–H groups in total. The van der Waals surface area contributed by atoms with Crippen LogP contribution in [0.1, 0.15) is 218 Å². The molecule has 1 heterocycles. The van der Waals surface area contributed by atoms with Gasteiger partial charge in [-0.05, 0) is 106 Å². The molecule has 2 aromatic rings. The zero-order chi connectivity index (χ0) is 40.2. The number of nitrogens with zero attached hydrogens (tertiary/aromatic N) is 2. The Kier molecular flexibility index (Phi) is 24.3. The minimum atomic E-state index is 0.609.